The van der Waals surface area contributed by atoms with Gasteiger partial charge in [-0.05, 0) is 71.8 Å². The molecule has 1 heterocycles. The average molecular weight is 459 g/mol. The number of likely N-dealkylation sites (tertiary alicyclic amines) is 1. The van der Waals surface area contributed by atoms with Crippen LogP contribution in [0.15, 0.2) is 72.8 Å². The van der Waals surface area contributed by atoms with Crippen LogP contribution < -0.4 is 14.8 Å². The number of benzene rings is 3. The Labute approximate surface area is 202 Å². The lowest BCUT2D eigenvalue weighted by Gasteiger charge is -2.37. The summed E-state index contributed by atoms with van der Waals surface area (Å²) in [5.41, 5.74) is 4.65. The number of nitrogens with zero attached hydrogens (tertiary/aromatic N) is 1. The molecular formula is C29H34N2O3. The van der Waals surface area contributed by atoms with Gasteiger partial charge in [-0.2, -0.15) is 0 Å². The van der Waals surface area contributed by atoms with E-state index in [9.17, 15) is 4.79 Å². The molecule has 0 aromatic heterocycles. The first-order valence-corrected chi connectivity index (χ1v) is 12.0. The number of methoxy groups -OCH3 is 2. The van der Waals surface area contributed by atoms with Gasteiger partial charge in [0.05, 0.1) is 20.1 Å². The van der Waals surface area contributed by atoms with Crippen LogP contribution in [0.3, 0.4) is 0 Å². The van der Waals surface area contributed by atoms with Crippen molar-refractivity contribution in [1.82, 2.24) is 4.90 Å². The number of carbonyl (C=O) groups is 1. The smallest absolute Gasteiger partial charge is 0.228 e. The highest BCUT2D eigenvalue weighted by atomic mass is 16.5. The van der Waals surface area contributed by atoms with E-state index in [4.69, 9.17) is 9.47 Å². The molecule has 4 rings (SSSR count). The summed E-state index contributed by atoms with van der Waals surface area (Å²) < 4.78 is 10.5. The van der Waals surface area contributed by atoms with E-state index in [1.54, 1.807) is 14.2 Å². The van der Waals surface area contributed by atoms with E-state index in [-0.39, 0.29) is 11.8 Å². The van der Waals surface area contributed by atoms with Gasteiger partial charge in [0.2, 0.25) is 5.91 Å². The summed E-state index contributed by atoms with van der Waals surface area (Å²) in [6.07, 6.45) is 1.87. The van der Waals surface area contributed by atoms with E-state index in [0.717, 1.165) is 49.7 Å². The quantitative estimate of drug-likeness (QED) is 0.484. The molecule has 1 aliphatic rings. The topological polar surface area (TPSA) is 50.8 Å². The van der Waals surface area contributed by atoms with E-state index in [1.807, 2.05) is 36.4 Å². The van der Waals surface area contributed by atoms with Gasteiger partial charge in [-0.15, -0.1) is 0 Å². The Balaban J connectivity index is 1.51. The molecule has 1 aliphatic heterocycles. The summed E-state index contributed by atoms with van der Waals surface area (Å²) in [6.45, 7) is 4.65. The van der Waals surface area contributed by atoms with Crippen LogP contribution in [-0.4, -0.2) is 38.1 Å². The Morgan fingerprint density at radius 3 is 2.03 bits per heavy atom. The second kappa shape index (κ2) is 11.2. The molecule has 178 valence electrons. The predicted octanol–water partition coefficient (Wildman–Crippen LogP) is 5.51. The minimum absolute atomic E-state index is 0.0692. The lowest BCUT2D eigenvalue weighted by Crippen LogP contribution is -2.43. The van der Waals surface area contributed by atoms with Crippen molar-refractivity contribution in [3.63, 3.8) is 0 Å². The number of hydrogen-bond donors (Lipinski definition) is 1. The minimum Gasteiger partial charge on any atom is -0.497 e. The van der Waals surface area contributed by atoms with Gasteiger partial charge in [0.1, 0.15) is 11.5 Å². The van der Waals surface area contributed by atoms with Crippen LogP contribution in [0.1, 0.15) is 36.0 Å². The summed E-state index contributed by atoms with van der Waals surface area (Å²) in [7, 11) is 3.32. The number of hydrogen-bond acceptors (Lipinski definition) is 4. The van der Waals surface area contributed by atoms with Crippen molar-refractivity contribution in [2.75, 3.05) is 32.6 Å². The molecule has 34 heavy (non-hydrogen) atoms. The lowest BCUT2D eigenvalue weighted by atomic mass is 9.83. The molecule has 1 amide bonds. The SMILES string of the molecule is CCc1ccc(C2CC(C(=O)Nc3ccc(OC)cc3)CN(Cc3ccc(OC)cc3)C2)cc1. The number of ether oxygens (including phenoxy) is 2. The van der Waals surface area contributed by atoms with Crippen LogP contribution >= 0.6 is 0 Å². The molecule has 1 fully saturated rings. The highest BCUT2D eigenvalue weighted by molar-refractivity contribution is 5.92. The van der Waals surface area contributed by atoms with E-state index < -0.39 is 0 Å². The number of aryl methyl sites for hydroxylation is 1. The second-order valence-electron chi connectivity index (χ2n) is 8.98. The molecule has 3 aromatic rings. The molecule has 0 spiro atoms. The summed E-state index contributed by atoms with van der Waals surface area (Å²) >= 11 is 0. The van der Waals surface area contributed by atoms with Gasteiger partial charge in [0, 0.05) is 25.3 Å². The first-order valence-electron chi connectivity index (χ1n) is 12.0. The molecule has 3 aromatic carbocycles. The fraction of sp³-hybridized carbons (Fsp3) is 0.345. The van der Waals surface area contributed by atoms with E-state index in [0.29, 0.717) is 5.92 Å². The van der Waals surface area contributed by atoms with Crippen LogP contribution in [0.2, 0.25) is 0 Å². The third-order valence-electron chi connectivity index (χ3n) is 6.68. The molecular weight excluding hydrogens is 424 g/mol. The Morgan fingerprint density at radius 2 is 1.44 bits per heavy atom. The third-order valence-corrected chi connectivity index (χ3v) is 6.68. The summed E-state index contributed by atoms with van der Waals surface area (Å²) in [5, 5.41) is 3.12. The van der Waals surface area contributed by atoms with Crippen molar-refractivity contribution in [1.29, 1.82) is 0 Å². The molecule has 1 N–H and O–H groups in total. The molecule has 0 saturated carbocycles. The fourth-order valence-electron chi connectivity index (χ4n) is 4.68. The highest BCUT2D eigenvalue weighted by Crippen LogP contribution is 2.32. The fourth-order valence-corrected chi connectivity index (χ4v) is 4.68. The molecule has 1 saturated heterocycles. The largest absolute Gasteiger partial charge is 0.497 e. The van der Waals surface area contributed by atoms with Crippen LogP contribution in [0, 0.1) is 5.92 Å². The molecule has 2 atom stereocenters. The second-order valence-corrected chi connectivity index (χ2v) is 8.98. The van der Waals surface area contributed by atoms with Gasteiger partial charge in [-0.1, -0.05) is 43.3 Å². The van der Waals surface area contributed by atoms with Crippen molar-refractivity contribution in [3.8, 4) is 11.5 Å². The van der Waals surface area contributed by atoms with E-state index in [2.05, 4.69) is 53.5 Å². The van der Waals surface area contributed by atoms with Crippen molar-refractivity contribution in [3.05, 3.63) is 89.5 Å². The Morgan fingerprint density at radius 1 is 0.853 bits per heavy atom. The van der Waals surface area contributed by atoms with Gasteiger partial charge < -0.3 is 14.8 Å². The zero-order valence-electron chi connectivity index (χ0n) is 20.3. The number of carbonyl (C=O) groups excluding carboxylic acids is 1. The van der Waals surface area contributed by atoms with Crippen LogP contribution in [0.4, 0.5) is 5.69 Å². The monoisotopic (exact) mass is 458 g/mol. The summed E-state index contributed by atoms with van der Waals surface area (Å²) in [5.74, 6) is 1.92. The maximum atomic E-state index is 13.3. The van der Waals surface area contributed by atoms with Crippen molar-refractivity contribution in [2.24, 2.45) is 5.92 Å². The van der Waals surface area contributed by atoms with E-state index >= 15 is 0 Å². The molecule has 0 bridgehead atoms. The molecule has 0 aliphatic carbocycles. The Bertz CT molecular complexity index is 1060. The first-order chi connectivity index (χ1) is 16.6. The highest BCUT2D eigenvalue weighted by Gasteiger charge is 2.32. The maximum absolute atomic E-state index is 13.3. The van der Waals surface area contributed by atoms with Crippen molar-refractivity contribution < 1.29 is 14.3 Å². The number of amides is 1. The third kappa shape index (κ3) is 5.97. The zero-order valence-corrected chi connectivity index (χ0v) is 20.3. The lowest BCUT2D eigenvalue weighted by molar-refractivity contribution is -0.121. The van der Waals surface area contributed by atoms with Crippen molar-refractivity contribution in [2.45, 2.75) is 32.2 Å². The zero-order chi connectivity index (χ0) is 23.9. The Hall–Kier alpha value is -3.31. The average Bonchev–Trinajstić information content (AvgIpc) is 2.89. The molecule has 5 heteroatoms. The summed E-state index contributed by atoms with van der Waals surface area (Å²) in [6, 6.07) is 24.6. The number of anilines is 1. The summed E-state index contributed by atoms with van der Waals surface area (Å²) in [4.78, 5) is 15.7. The van der Waals surface area contributed by atoms with Gasteiger partial charge in [-0.25, -0.2) is 0 Å². The normalized spacial score (nSPS) is 18.3. The predicted molar refractivity (Wildman–Crippen MR) is 137 cm³/mol. The van der Waals surface area contributed by atoms with Crippen molar-refractivity contribution >= 4 is 11.6 Å². The number of piperidine rings is 1. The minimum atomic E-state index is -0.0926. The number of rotatable bonds is 8. The van der Waals surface area contributed by atoms with Gasteiger partial charge in [0.25, 0.3) is 0 Å². The molecule has 0 radical (unpaired) electrons. The van der Waals surface area contributed by atoms with E-state index in [1.165, 1.54) is 16.7 Å². The first kappa shape index (κ1) is 23.8. The van der Waals surface area contributed by atoms with Gasteiger partial charge in [-0.3, -0.25) is 9.69 Å². The van der Waals surface area contributed by atoms with Crippen LogP contribution in [0.25, 0.3) is 0 Å². The van der Waals surface area contributed by atoms with Gasteiger partial charge in [0.15, 0.2) is 0 Å². The van der Waals surface area contributed by atoms with Crippen LogP contribution in [0.5, 0.6) is 11.5 Å². The molecule has 2 unspecified atom stereocenters. The standard InChI is InChI=1S/C29H34N2O3/c1-4-21-5-9-23(10-6-21)24-17-25(29(32)30-26-11-15-28(34-3)16-12-26)20-31(19-24)18-22-7-13-27(33-2)14-8-22/h5-16,24-25H,4,17-20H2,1-3H3,(H,30,32). The van der Waals surface area contributed by atoms with Crippen LogP contribution in [-0.2, 0) is 17.8 Å². The number of nitrogens with one attached hydrogen (secondary N) is 1. The van der Waals surface area contributed by atoms with Gasteiger partial charge >= 0.3 is 0 Å². The Kier molecular flexibility index (Phi) is 7.86. The molecule has 5 nitrogen and oxygen atoms in total. The maximum Gasteiger partial charge on any atom is 0.228 e.